The van der Waals surface area contributed by atoms with Crippen molar-refractivity contribution < 1.29 is 23.1 Å². The summed E-state index contributed by atoms with van der Waals surface area (Å²) in [6.07, 6.45) is 0.0197. The molecule has 11 heteroatoms. The van der Waals surface area contributed by atoms with E-state index in [1.165, 1.54) is 29.1 Å². The van der Waals surface area contributed by atoms with Crippen molar-refractivity contribution in [1.29, 1.82) is 0 Å². The number of benzene rings is 3. The predicted octanol–water partition coefficient (Wildman–Crippen LogP) is 2.31. The molecule has 2 N–H and O–H groups in total. The number of hydrogen-bond acceptors (Lipinski definition) is 7. The number of aromatic nitrogens is 4. The number of carbonyl (C=O) groups is 1. The summed E-state index contributed by atoms with van der Waals surface area (Å²) in [5.74, 6) is -0.257. The third kappa shape index (κ3) is 5.27. The zero-order valence-corrected chi connectivity index (χ0v) is 18.9. The molecule has 0 aliphatic heterocycles. The van der Waals surface area contributed by atoms with Crippen LogP contribution in [0.1, 0.15) is 5.56 Å². The molecular formula is C23H21N5O5S. The Bertz CT molecular complexity index is 1370. The van der Waals surface area contributed by atoms with Crippen molar-refractivity contribution in [3.8, 4) is 22.8 Å². The lowest BCUT2D eigenvalue weighted by molar-refractivity contribution is -0.138. The van der Waals surface area contributed by atoms with Gasteiger partial charge in [0, 0.05) is 5.56 Å². The molecule has 0 bridgehead atoms. The minimum absolute atomic E-state index is 0.0197. The van der Waals surface area contributed by atoms with Crippen LogP contribution in [-0.2, 0) is 21.2 Å². The van der Waals surface area contributed by atoms with Crippen LogP contribution in [0.25, 0.3) is 17.1 Å². The first-order valence-corrected chi connectivity index (χ1v) is 11.7. The number of hydrogen-bond donors (Lipinski definition) is 2. The lowest BCUT2D eigenvalue weighted by Crippen LogP contribution is -2.42. The van der Waals surface area contributed by atoms with E-state index in [1.54, 1.807) is 61.7 Å². The smallest absolute Gasteiger partial charge is 0.322 e. The molecule has 1 aromatic heterocycles. The number of methoxy groups -OCH3 is 1. The van der Waals surface area contributed by atoms with Gasteiger partial charge in [0.25, 0.3) is 0 Å². The van der Waals surface area contributed by atoms with Crippen molar-refractivity contribution in [2.45, 2.75) is 17.4 Å². The number of nitrogens with zero attached hydrogens (tertiary/aromatic N) is 4. The summed E-state index contributed by atoms with van der Waals surface area (Å²) < 4.78 is 33.0. The molecule has 4 aromatic rings. The van der Waals surface area contributed by atoms with E-state index in [0.29, 0.717) is 28.4 Å². The molecule has 0 radical (unpaired) electrons. The van der Waals surface area contributed by atoms with Gasteiger partial charge < -0.3 is 9.84 Å². The maximum atomic E-state index is 12.8. The Morgan fingerprint density at radius 2 is 1.71 bits per heavy atom. The lowest BCUT2D eigenvalue weighted by Gasteiger charge is -2.15. The highest BCUT2D eigenvalue weighted by Gasteiger charge is 2.26. The van der Waals surface area contributed by atoms with Crippen molar-refractivity contribution in [3.05, 3.63) is 84.4 Å². The topological polar surface area (TPSA) is 136 Å². The molecule has 0 spiro atoms. The van der Waals surface area contributed by atoms with Gasteiger partial charge in [-0.2, -0.15) is 4.72 Å². The van der Waals surface area contributed by atoms with Crippen LogP contribution in [0.2, 0.25) is 0 Å². The van der Waals surface area contributed by atoms with E-state index in [0.717, 1.165) is 0 Å². The molecule has 4 rings (SSSR count). The molecular weight excluding hydrogens is 458 g/mol. The van der Waals surface area contributed by atoms with Gasteiger partial charge in [-0.05, 0) is 65.7 Å². The normalized spacial score (nSPS) is 12.3. The van der Waals surface area contributed by atoms with Crippen LogP contribution in [0.5, 0.6) is 5.75 Å². The molecule has 0 aliphatic rings. The van der Waals surface area contributed by atoms with Gasteiger partial charge in [0.05, 0.1) is 17.7 Å². The van der Waals surface area contributed by atoms with E-state index in [-0.39, 0.29) is 11.3 Å². The lowest BCUT2D eigenvalue weighted by atomic mass is 10.1. The second-order valence-electron chi connectivity index (χ2n) is 7.33. The molecule has 3 aromatic carbocycles. The third-order valence-corrected chi connectivity index (χ3v) is 6.51. The zero-order chi connectivity index (χ0) is 24.1. The van der Waals surface area contributed by atoms with E-state index >= 15 is 0 Å². The number of tetrazole rings is 1. The van der Waals surface area contributed by atoms with Gasteiger partial charge >= 0.3 is 5.97 Å². The van der Waals surface area contributed by atoms with Crippen LogP contribution in [0.4, 0.5) is 0 Å². The first-order valence-electron chi connectivity index (χ1n) is 10.2. The minimum Gasteiger partial charge on any atom is -0.497 e. The second-order valence-corrected chi connectivity index (χ2v) is 9.04. The summed E-state index contributed by atoms with van der Waals surface area (Å²) in [5, 5.41) is 21.9. The molecule has 10 nitrogen and oxygen atoms in total. The highest BCUT2D eigenvalue weighted by Crippen LogP contribution is 2.19. The number of carboxylic acid groups (broad SMARTS) is 1. The molecule has 34 heavy (non-hydrogen) atoms. The number of ether oxygens (including phenoxy) is 1. The largest absolute Gasteiger partial charge is 0.497 e. The first-order chi connectivity index (χ1) is 16.4. The highest BCUT2D eigenvalue weighted by molar-refractivity contribution is 7.89. The van der Waals surface area contributed by atoms with Gasteiger partial charge in [-0.15, -0.1) is 15.0 Å². The van der Waals surface area contributed by atoms with Crippen LogP contribution in [-0.4, -0.2) is 52.9 Å². The molecule has 0 fully saturated rings. The molecule has 174 valence electrons. The summed E-state index contributed by atoms with van der Waals surface area (Å²) >= 11 is 0. The standard InChI is InChI=1S/C23H21N5O5S/c1-33-19-11-9-18(10-12-19)28-25-22(24-27-28)17-7-13-20(14-8-17)34(31,32)26-21(23(29)30)15-16-5-3-2-4-6-16/h2-14,21,26H,15H2,1H3,(H,29,30). The van der Waals surface area contributed by atoms with Gasteiger partial charge in [-0.1, -0.05) is 30.3 Å². The molecule has 1 unspecified atom stereocenters. The number of carboxylic acids is 1. The molecule has 0 saturated heterocycles. The minimum atomic E-state index is -4.07. The Balaban J connectivity index is 1.50. The number of nitrogens with one attached hydrogen (secondary N) is 1. The van der Waals surface area contributed by atoms with Crippen molar-refractivity contribution in [2.24, 2.45) is 0 Å². The fourth-order valence-corrected chi connectivity index (χ4v) is 4.41. The number of aliphatic carboxylic acids is 1. The molecule has 0 saturated carbocycles. The van der Waals surface area contributed by atoms with Crippen LogP contribution in [0.3, 0.4) is 0 Å². The Morgan fingerprint density at radius 3 is 2.32 bits per heavy atom. The third-order valence-electron chi connectivity index (χ3n) is 5.02. The van der Waals surface area contributed by atoms with Crippen molar-refractivity contribution >= 4 is 16.0 Å². The number of sulfonamides is 1. The first kappa shape index (κ1) is 23.1. The summed E-state index contributed by atoms with van der Waals surface area (Å²) in [4.78, 5) is 12.9. The van der Waals surface area contributed by atoms with E-state index < -0.39 is 22.0 Å². The summed E-state index contributed by atoms with van der Waals surface area (Å²) in [6, 6.07) is 20.4. The summed E-state index contributed by atoms with van der Waals surface area (Å²) in [5.41, 5.74) is 1.94. The maximum absolute atomic E-state index is 12.8. The van der Waals surface area contributed by atoms with Crippen molar-refractivity contribution in [1.82, 2.24) is 24.9 Å². The van der Waals surface area contributed by atoms with Gasteiger partial charge in [0.2, 0.25) is 15.8 Å². The van der Waals surface area contributed by atoms with Gasteiger partial charge in [0.1, 0.15) is 11.8 Å². The quantitative estimate of drug-likeness (QED) is 0.373. The predicted molar refractivity (Wildman–Crippen MR) is 123 cm³/mol. The van der Waals surface area contributed by atoms with Crippen LogP contribution in [0.15, 0.2) is 83.8 Å². The van der Waals surface area contributed by atoms with E-state index in [9.17, 15) is 18.3 Å². The Hall–Kier alpha value is -4.09. The van der Waals surface area contributed by atoms with Gasteiger partial charge in [-0.3, -0.25) is 4.79 Å². The average Bonchev–Trinajstić information content (AvgIpc) is 3.35. The van der Waals surface area contributed by atoms with Gasteiger partial charge in [0.15, 0.2) is 0 Å². The molecule has 0 aliphatic carbocycles. The zero-order valence-electron chi connectivity index (χ0n) is 18.1. The number of rotatable bonds is 9. The molecule has 1 atom stereocenters. The maximum Gasteiger partial charge on any atom is 0.322 e. The molecule has 0 amide bonds. The van der Waals surface area contributed by atoms with Crippen LogP contribution >= 0.6 is 0 Å². The monoisotopic (exact) mass is 479 g/mol. The average molecular weight is 480 g/mol. The van der Waals surface area contributed by atoms with Crippen LogP contribution in [0, 0.1) is 0 Å². The van der Waals surface area contributed by atoms with Crippen molar-refractivity contribution in [2.75, 3.05) is 7.11 Å². The second kappa shape index (κ2) is 9.81. The fourth-order valence-electron chi connectivity index (χ4n) is 3.22. The fraction of sp³-hybridized carbons (Fsp3) is 0.130. The van der Waals surface area contributed by atoms with E-state index in [4.69, 9.17) is 4.74 Å². The Kier molecular flexibility index (Phi) is 6.66. The summed E-state index contributed by atoms with van der Waals surface area (Å²) in [7, 11) is -2.50. The van der Waals surface area contributed by atoms with E-state index in [1.807, 2.05) is 0 Å². The van der Waals surface area contributed by atoms with Crippen molar-refractivity contribution in [3.63, 3.8) is 0 Å². The summed E-state index contributed by atoms with van der Waals surface area (Å²) in [6.45, 7) is 0. The SMILES string of the molecule is COc1ccc(-n2nnc(-c3ccc(S(=O)(=O)NC(Cc4ccccc4)C(=O)O)cc3)n2)cc1. The highest BCUT2D eigenvalue weighted by atomic mass is 32.2. The molecule has 1 heterocycles. The van der Waals surface area contributed by atoms with Crippen LogP contribution < -0.4 is 9.46 Å². The van der Waals surface area contributed by atoms with E-state index in [2.05, 4.69) is 20.1 Å². The Labute approximate surface area is 195 Å². The Morgan fingerprint density at radius 1 is 1.03 bits per heavy atom. The van der Waals surface area contributed by atoms with Gasteiger partial charge in [-0.25, -0.2) is 8.42 Å².